The number of hydrogen-bond donors (Lipinski definition) is 1. The van der Waals surface area contributed by atoms with Gasteiger partial charge < -0.3 is 14.8 Å². The quantitative estimate of drug-likeness (QED) is 0.292. The third kappa shape index (κ3) is 5.54. The smallest absolute Gasteiger partial charge is 0.121 e. The molecular weight excluding hydrogens is 178 g/mol. The second-order valence-electron chi connectivity index (χ2n) is 2.92. The van der Waals surface area contributed by atoms with Crippen molar-refractivity contribution in [1.29, 1.82) is 0 Å². The molecule has 0 aromatic carbocycles. The van der Waals surface area contributed by atoms with Crippen molar-refractivity contribution in [3.63, 3.8) is 0 Å². The minimum Gasteiger partial charge on any atom is -0.501 e. The molecule has 0 atom stereocenters. The van der Waals surface area contributed by atoms with Crippen LogP contribution in [0.5, 0.6) is 0 Å². The molecule has 0 radical (unpaired) electrons. The van der Waals surface area contributed by atoms with Gasteiger partial charge in [-0.3, -0.25) is 0 Å². The topological polar surface area (TPSA) is 38.3 Å². The third-order valence-electron chi connectivity index (χ3n) is 1.88. The molecule has 0 heterocycles. The molecule has 1 N–H and O–H groups in total. The summed E-state index contributed by atoms with van der Waals surface area (Å²) in [6, 6.07) is 0. The summed E-state index contributed by atoms with van der Waals surface area (Å²) in [5, 5.41) is 3.17. The summed E-state index contributed by atoms with van der Waals surface area (Å²) in [6.45, 7) is 5.34. The van der Waals surface area contributed by atoms with Crippen molar-refractivity contribution in [1.82, 2.24) is 5.32 Å². The van der Waals surface area contributed by atoms with Gasteiger partial charge in [0.05, 0.1) is 12.9 Å². The Bertz CT molecular complexity index is 219. The molecule has 0 aromatic rings. The zero-order valence-corrected chi connectivity index (χ0v) is 9.17. The summed E-state index contributed by atoms with van der Waals surface area (Å²) < 4.78 is 5.14. The van der Waals surface area contributed by atoms with Crippen molar-refractivity contribution >= 4 is 6.29 Å². The highest BCUT2D eigenvalue weighted by Gasteiger charge is 1.98. The maximum absolute atomic E-state index is 10.1. The fourth-order valence-electron chi connectivity index (χ4n) is 1.02. The Kier molecular flexibility index (Phi) is 7.84. The molecule has 0 spiro atoms. The van der Waals surface area contributed by atoms with E-state index in [1.54, 1.807) is 7.11 Å². The van der Waals surface area contributed by atoms with Gasteiger partial charge in [0.2, 0.25) is 0 Å². The second kappa shape index (κ2) is 8.51. The Morgan fingerprint density at radius 3 is 2.71 bits per heavy atom. The number of aldehydes is 1. The van der Waals surface area contributed by atoms with Gasteiger partial charge in [-0.15, -0.1) is 0 Å². The molecule has 80 valence electrons. The average molecular weight is 197 g/mol. The lowest BCUT2D eigenvalue weighted by atomic mass is 10.2. The van der Waals surface area contributed by atoms with Crippen LogP contribution in [0.3, 0.4) is 0 Å². The number of nitrogens with one attached hydrogen (secondary N) is 1. The Morgan fingerprint density at radius 1 is 1.50 bits per heavy atom. The molecular formula is C11H19NO2. The maximum Gasteiger partial charge on any atom is 0.121 e. The molecule has 0 saturated heterocycles. The zero-order chi connectivity index (χ0) is 10.8. The zero-order valence-electron chi connectivity index (χ0n) is 9.17. The fraction of sp³-hybridized carbons (Fsp3) is 0.545. The highest BCUT2D eigenvalue weighted by atomic mass is 16.5. The van der Waals surface area contributed by atoms with Crippen molar-refractivity contribution < 1.29 is 9.53 Å². The van der Waals surface area contributed by atoms with Gasteiger partial charge in [0.25, 0.3) is 0 Å². The summed E-state index contributed by atoms with van der Waals surface area (Å²) in [4.78, 5) is 10.1. The number of carbonyl (C=O) groups excluding carboxylic acids is 1. The van der Waals surface area contributed by atoms with Crippen molar-refractivity contribution in [2.24, 2.45) is 0 Å². The van der Waals surface area contributed by atoms with Crippen LogP contribution < -0.4 is 5.32 Å². The van der Waals surface area contributed by atoms with E-state index in [0.717, 1.165) is 24.2 Å². The SMILES string of the molecule is C/C=C\C(CNCCC=O)=C(/C)OC. The molecule has 0 aliphatic rings. The van der Waals surface area contributed by atoms with Gasteiger partial charge in [0.15, 0.2) is 0 Å². The first-order chi connectivity index (χ1) is 6.76. The van der Waals surface area contributed by atoms with Gasteiger partial charge in [-0.05, 0) is 13.8 Å². The highest BCUT2D eigenvalue weighted by molar-refractivity contribution is 5.49. The van der Waals surface area contributed by atoms with E-state index in [9.17, 15) is 4.79 Å². The summed E-state index contributed by atoms with van der Waals surface area (Å²) >= 11 is 0. The first-order valence-corrected chi connectivity index (χ1v) is 4.77. The number of ether oxygens (including phenoxy) is 1. The monoisotopic (exact) mass is 197 g/mol. The van der Waals surface area contributed by atoms with Crippen LogP contribution in [0.4, 0.5) is 0 Å². The molecule has 0 aliphatic carbocycles. The van der Waals surface area contributed by atoms with E-state index in [2.05, 4.69) is 5.32 Å². The van der Waals surface area contributed by atoms with E-state index in [1.807, 2.05) is 26.0 Å². The Morgan fingerprint density at radius 2 is 2.21 bits per heavy atom. The molecule has 0 aliphatic heterocycles. The predicted octanol–water partition coefficient (Wildman–Crippen LogP) is 1.66. The first-order valence-electron chi connectivity index (χ1n) is 4.77. The fourth-order valence-corrected chi connectivity index (χ4v) is 1.02. The van der Waals surface area contributed by atoms with E-state index in [-0.39, 0.29) is 0 Å². The van der Waals surface area contributed by atoms with Crippen LogP contribution in [0.25, 0.3) is 0 Å². The van der Waals surface area contributed by atoms with Crippen LogP contribution in [0.15, 0.2) is 23.5 Å². The molecule has 14 heavy (non-hydrogen) atoms. The van der Waals surface area contributed by atoms with Crippen LogP contribution in [0.1, 0.15) is 20.3 Å². The van der Waals surface area contributed by atoms with Crippen LogP contribution in [0.2, 0.25) is 0 Å². The highest BCUT2D eigenvalue weighted by Crippen LogP contribution is 2.05. The van der Waals surface area contributed by atoms with Gasteiger partial charge in [-0.1, -0.05) is 12.2 Å². The molecule has 0 bridgehead atoms. The van der Waals surface area contributed by atoms with E-state index in [4.69, 9.17) is 4.74 Å². The predicted molar refractivity (Wildman–Crippen MR) is 58.1 cm³/mol. The number of carbonyl (C=O) groups is 1. The van der Waals surface area contributed by atoms with Crippen molar-refractivity contribution in [3.8, 4) is 0 Å². The lowest BCUT2D eigenvalue weighted by Crippen LogP contribution is -2.19. The minimum atomic E-state index is 0.551. The lowest BCUT2D eigenvalue weighted by molar-refractivity contribution is -0.107. The van der Waals surface area contributed by atoms with Gasteiger partial charge in [-0.25, -0.2) is 0 Å². The van der Waals surface area contributed by atoms with Crippen molar-refractivity contribution in [3.05, 3.63) is 23.5 Å². The number of hydrogen-bond acceptors (Lipinski definition) is 3. The number of methoxy groups -OCH3 is 1. The van der Waals surface area contributed by atoms with Crippen LogP contribution in [-0.2, 0) is 9.53 Å². The molecule has 0 amide bonds. The minimum absolute atomic E-state index is 0.551. The van der Waals surface area contributed by atoms with Crippen molar-refractivity contribution in [2.45, 2.75) is 20.3 Å². The summed E-state index contributed by atoms with van der Waals surface area (Å²) in [5.41, 5.74) is 1.11. The summed E-state index contributed by atoms with van der Waals surface area (Å²) in [6.07, 6.45) is 5.44. The van der Waals surface area contributed by atoms with Crippen LogP contribution in [-0.4, -0.2) is 26.5 Å². The van der Waals surface area contributed by atoms with E-state index in [1.165, 1.54) is 0 Å². The van der Waals surface area contributed by atoms with Gasteiger partial charge in [0.1, 0.15) is 6.29 Å². The number of rotatable bonds is 7. The van der Waals surface area contributed by atoms with E-state index in [0.29, 0.717) is 13.0 Å². The summed E-state index contributed by atoms with van der Waals surface area (Å²) in [7, 11) is 1.66. The molecule has 0 aromatic heterocycles. The third-order valence-corrected chi connectivity index (χ3v) is 1.88. The molecule has 0 unspecified atom stereocenters. The molecule has 3 nitrogen and oxygen atoms in total. The van der Waals surface area contributed by atoms with Crippen molar-refractivity contribution in [2.75, 3.05) is 20.2 Å². The van der Waals surface area contributed by atoms with E-state index >= 15 is 0 Å². The maximum atomic E-state index is 10.1. The Hall–Kier alpha value is -1.09. The van der Waals surface area contributed by atoms with Crippen LogP contribution in [0, 0.1) is 0 Å². The lowest BCUT2D eigenvalue weighted by Gasteiger charge is -2.08. The normalized spacial score (nSPS) is 12.8. The first kappa shape index (κ1) is 12.9. The molecule has 0 rings (SSSR count). The molecule has 0 saturated carbocycles. The molecule has 0 fully saturated rings. The molecule has 3 heteroatoms. The Labute approximate surface area is 85.8 Å². The van der Waals surface area contributed by atoms with Gasteiger partial charge in [0, 0.05) is 25.1 Å². The Balaban J connectivity index is 4.04. The largest absolute Gasteiger partial charge is 0.501 e. The van der Waals surface area contributed by atoms with Gasteiger partial charge >= 0.3 is 0 Å². The number of allylic oxidation sites excluding steroid dienone is 2. The summed E-state index contributed by atoms with van der Waals surface area (Å²) in [5.74, 6) is 0.904. The standard InChI is InChI=1S/C11H19NO2/c1-4-6-11(10(2)14-3)9-12-7-5-8-13/h4,6,8,12H,5,7,9H2,1-3H3/b6-4-,11-10-. The van der Waals surface area contributed by atoms with E-state index < -0.39 is 0 Å². The van der Waals surface area contributed by atoms with Crippen LogP contribution >= 0.6 is 0 Å². The van der Waals surface area contributed by atoms with Gasteiger partial charge in [-0.2, -0.15) is 0 Å². The average Bonchev–Trinajstić information content (AvgIpc) is 2.21. The second-order valence-corrected chi connectivity index (χ2v) is 2.92.